The molecule has 0 aliphatic carbocycles. The zero-order chi connectivity index (χ0) is 18.7. The maximum absolute atomic E-state index is 11.7. The van der Waals surface area contributed by atoms with Gasteiger partial charge in [0, 0.05) is 25.0 Å². The summed E-state index contributed by atoms with van der Waals surface area (Å²) in [5.41, 5.74) is 1.65. The molecule has 2 aromatic rings. The van der Waals surface area contributed by atoms with Crippen LogP contribution in [0.1, 0.15) is 12.5 Å². The van der Waals surface area contributed by atoms with Gasteiger partial charge in [0.2, 0.25) is 15.9 Å². The topological polar surface area (TPSA) is 93.7 Å². The van der Waals surface area contributed by atoms with Crippen molar-refractivity contribution < 1.29 is 22.7 Å². The summed E-state index contributed by atoms with van der Waals surface area (Å²) in [6, 6.07) is 12.3. The van der Waals surface area contributed by atoms with Crippen LogP contribution < -0.4 is 19.5 Å². The lowest BCUT2D eigenvalue weighted by molar-refractivity contribution is -0.118. The molecule has 3 rings (SSSR count). The number of ether oxygens (including phenoxy) is 2. The van der Waals surface area contributed by atoms with Gasteiger partial charge in [-0.05, 0) is 18.2 Å². The van der Waals surface area contributed by atoms with Crippen molar-refractivity contribution in [2.75, 3.05) is 11.0 Å². The average molecular weight is 374 g/mol. The summed E-state index contributed by atoms with van der Waals surface area (Å²) in [6.07, 6.45) is 2.93. The molecule has 1 heterocycles. The van der Waals surface area contributed by atoms with Gasteiger partial charge < -0.3 is 14.8 Å². The van der Waals surface area contributed by atoms with Crippen LogP contribution in [0.4, 0.5) is 5.69 Å². The van der Waals surface area contributed by atoms with Crippen LogP contribution in [0.2, 0.25) is 0 Å². The number of hydrogen-bond donors (Lipinski definition) is 2. The van der Waals surface area contributed by atoms with Crippen molar-refractivity contribution >= 4 is 21.6 Å². The Balaban J connectivity index is 1.97. The van der Waals surface area contributed by atoms with E-state index in [1.807, 2.05) is 18.2 Å². The SMILES string of the molecule is CC(=O)NC1=COc2cc(NS(C)(=O)=O)c(Oc3ccccc3)cc2C1. The molecule has 0 fully saturated rings. The van der Waals surface area contributed by atoms with Gasteiger partial charge in [-0.1, -0.05) is 18.2 Å². The van der Waals surface area contributed by atoms with Gasteiger partial charge in [0.15, 0.2) is 5.75 Å². The number of hydrogen-bond acceptors (Lipinski definition) is 5. The van der Waals surface area contributed by atoms with E-state index in [1.165, 1.54) is 13.2 Å². The summed E-state index contributed by atoms with van der Waals surface area (Å²) < 4.78 is 37.2. The number of carbonyl (C=O) groups excluding carboxylic acids is 1. The molecule has 0 spiro atoms. The fourth-order valence-electron chi connectivity index (χ4n) is 2.51. The second-order valence-corrected chi connectivity index (χ2v) is 7.61. The van der Waals surface area contributed by atoms with E-state index in [2.05, 4.69) is 10.0 Å². The number of sulfonamides is 1. The molecule has 0 atom stereocenters. The minimum atomic E-state index is -3.50. The number of amides is 1. The minimum absolute atomic E-state index is 0.195. The average Bonchev–Trinajstić information content (AvgIpc) is 2.55. The number of nitrogens with one attached hydrogen (secondary N) is 2. The fraction of sp³-hybridized carbons (Fsp3) is 0.167. The van der Waals surface area contributed by atoms with Crippen molar-refractivity contribution in [1.29, 1.82) is 0 Å². The number of para-hydroxylation sites is 1. The molecule has 0 aromatic heterocycles. The lowest BCUT2D eigenvalue weighted by Crippen LogP contribution is -2.23. The lowest BCUT2D eigenvalue weighted by atomic mass is 10.1. The summed E-state index contributed by atoms with van der Waals surface area (Å²) in [5.74, 6) is 1.21. The van der Waals surface area contributed by atoms with Crippen molar-refractivity contribution in [3.8, 4) is 17.2 Å². The zero-order valence-electron chi connectivity index (χ0n) is 14.3. The molecule has 0 saturated heterocycles. The van der Waals surface area contributed by atoms with E-state index in [9.17, 15) is 13.2 Å². The Morgan fingerprint density at radius 1 is 1.19 bits per heavy atom. The Morgan fingerprint density at radius 3 is 2.58 bits per heavy atom. The third-order valence-corrected chi connectivity index (χ3v) is 4.07. The van der Waals surface area contributed by atoms with Crippen LogP contribution >= 0.6 is 0 Å². The zero-order valence-corrected chi connectivity index (χ0v) is 15.1. The van der Waals surface area contributed by atoms with Crippen LogP contribution in [0, 0.1) is 0 Å². The van der Waals surface area contributed by atoms with Crippen molar-refractivity contribution in [2.24, 2.45) is 0 Å². The van der Waals surface area contributed by atoms with Crippen LogP contribution in [0.25, 0.3) is 0 Å². The van der Waals surface area contributed by atoms with E-state index >= 15 is 0 Å². The van der Waals surface area contributed by atoms with E-state index in [0.29, 0.717) is 29.4 Å². The highest BCUT2D eigenvalue weighted by atomic mass is 32.2. The molecule has 1 aliphatic heterocycles. The molecule has 2 aromatic carbocycles. The third kappa shape index (κ3) is 4.54. The molecule has 0 bridgehead atoms. The van der Waals surface area contributed by atoms with Crippen LogP contribution in [-0.4, -0.2) is 20.6 Å². The molecule has 0 unspecified atom stereocenters. The standard InChI is InChI=1S/C18H18N2O5S/c1-12(21)19-14-8-13-9-18(25-15-6-4-3-5-7-15)16(20-26(2,22)23)10-17(13)24-11-14/h3-7,9-11,20H,8H2,1-2H3,(H,19,21). The Hall–Kier alpha value is -3.00. The van der Waals surface area contributed by atoms with E-state index in [1.54, 1.807) is 24.3 Å². The molecule has 7 nitrogen and oxygen atoms in total. The molecule has 26 heavy (non-hydrogen) atoms. The molecule has 8 heteroatoms. The molecular formula is C18H18N2O5S. The lowest BCUT2D eigenvalue weighted by Gasteiger charge is -2.21. The molecule has 136 valence electrons. The van der Waals surface area contributed by atoms with Crippen molar-refractivity contribution in [3.05, 3.63) is 60.0 Å². The van der Waals surface area contributed by atoms with Gasteiger partial charge in [0.25, 0.3) is 0 Å². The molecule has 0 radical (unpaired) electrons. The highest BCUT2D eigenvalue weighted by molar-refractivity contribution is 7.92. The van der Waals surface area contributed by atoms with Crippen molar-refractivity contribution in [2.45, 2.75) is 13.3 Å². The smallest absolute Gasteiger partial charge is 0.229 e. The van der Waals surface area contributed by atoms with Crippen LogP contribution in [-0.2, 0) is 21.2 Å². The Labute approximate surface area is 151 Å². The van der Waals surface area contributed by atoms with Gasteiger partial charge in [-0.2, -0.15) is 0 Å². The second kappa shape index (κ2) is 7.09. The fourth-order valence-corrected chi connectivity index (χ4v) is 3.07. The number of rotatable bonds is 5. The first-order chi connectivity index (χ1) is 12.3. The number of fused-ring (bicyclic) bond motifs is 1. The number of carbonyl (C=O) groups is 1. The van der Waals surface area contributed by atoms with E-state index in [0.717, 1.165) is 11.8 Å². The maximum atomic E-state index is 11.7. The maximum Gasteiger partial charge on any atom is 0.229 e. The third-order valence-electron chi connectivity index (χ3n) is 3.47. The number of anilines is 1. The first-order valence-electron chi connectivity index (χ1n) is 7.81. The van der Waals surface area contributed by atoms with Gasteiger partial charge in [-0.3, -0.25) is 9.52 Å². The molecular weight excluding hydrogens is 356 g/mol. The first kappa shape index (κ1) is 17.8. The monoisotopic (exact) mass is 374 g/mol. The molecule has 1 aliphatic rings. The van der Waals surface area contributed by atoms with E-state index < -0.39 is 10.0 Å². The number of allylic oxidation sites excluding steroid dienone is 1. The van der Waals surface area contributed by atoms with Gasteiger partial charge in [0.05, 0.1) is 17.6 Å². The normalized spacial score (nSPS) is 13.1. The van der Waals surface area contributed by atoms with Gasteiger partial charge in [0.1, 0.15) is 17.8 Å². The summed E-state index contributed by atoms with van der Waals surface area (Å²) in [4.78, 5) is 11.2. The predicted octanol–water partition coefficient (Wildman–Crippen LogP) is 2.76. The van der Waals surface area contributed by atoms with E-state index in [-0.39, 0.29) is 11.6 Å². The summed E-state index contributed by atoms with van der Waals surface area (Å²) in [7, 11) is -3.50. The highest BCUT2D eigenvalue weighted by Gasteiger charge is 2.19. The highest BCUT2D eigenvalue weighted by Crippen LogP contribution is 2.38. The predicted molar refractivity (Wildman–Crippen MR) is 97.7 cm³/mol. The number of benzene rings is 2. The van der Waals surface area contributed by atoms with Gasteiger partial charge in [-0.15, -0.1) is 0 Å². The van der Waals surface area contributed by atoms with Crippen LogP contribution in [0.15, 0.2) is 54.4 Å². The van der Waals surface area contributed by atoms with Gasteiger partial charge >= 0.3 is 0 Å². The van der Waals surface area contributed by atoms with Gasteiger partial charge in [-0.25, -0.2) is 8.42 Å². The molecule has 1 amide bonds. The quantitative estimate of drug-likeness (QED) is 0.839. The Morgan fingerprint density at radius 2 is 1.92 bits per heavy atom. The first-order valence-corrected chi connectivity index (χ1v) is 9.70. The Kier molecular flexibility index (Phi) is 4.85. The van der Waals surface area contributed by atoms with Crippen LogP contribution in [0.3, 0.4) is 0 Å². The van der Waals surface area contributed by atoms with Crippen molar-refractivity contribution in [1.82, 2.24) is 5.32 Å². The second-order valence-electron chi connectivity index (χ2n) is 5.86. The van der Waals surface area contributed by atoms with Crippen LogP contribution in [0.5, 0.6) is 17.2 Å². The molecule has 0 saturated carbocycles. The van der Waals surface area contributed by atoms with Crippen molar-refractivity contribution in [3.63, 3.8) is 0 Å². The minimum Gasteiger partial charge on any atom is -0.463 e. The summed E-state index contributed by atoms with van der Waals surface area (Å²) in [6.45, 7) is 1.42. The van der Waals surface area contributed by atoms with E-state index in [4.69, 9.17) is 9.47 Å². The largest absolute Gasteiger partial charge is 0.463 e. The molecule has 2 N–H and O–H groups in total. The summed E-state index contributed by atoms with van der Waals surface area (Å²) in [5, 5.41) is 2.69. The summed E-state index contributed by atoms with van der Waals surface area (Å²) >= 11 is 0. The Bertz CT molecular complexity index is 969.